The van der Waals surface area contributed by atoms with Crippen LogP contribution in [-0.2, 0) is 4.79 Å². The second-order valence-electron chi connectivity index (χ2n) is 7.77. The van der Waals surface area contributed by atoms with Crippen LogP contribution in [0, 0.1) is 11.8 Å². The lowest BCUT2D eigenvalue weighted by Crippen LogP contribution is -2.68. The van der Waals surface area contributed by atoms with E-state index in [4.69, 9.17) is 11.6 Å². The largest absolute Gasteiger partial charge is 0.301 e. The van der Waals surface area contributed by atoms with E-state index < -0.39 is 11.5 Å². The van der Waals surface area contributed by atoms with Crippen LogP contribution < -0.4 is 10.9 Å². The maximum absolute atomic E-state index is 13.5. The topological polar surface area (TPSA) is 47.6 Å². The molecule has 3 rings (SSSR count). The molecule has 2 heterocycles. The van der Waals surface area contributed by atoms with Crippen molar-refractivity contribution in [3.8, 4) is 0 Å². The second-order valence-corrected chi connectivity index (χ2v) is 8.24. The average Bonchev–Trinajstić information content (AvgIpc) is 2.60. The minimum absolute atomic E-state index is 0.0494. The second kappa shape index (κ2) is 8.33. The molecule has 0 aromatic heterocycles. The highest BCUT2D eigenvalue weighted by molar-refractivity contribution is 6.31. The van der Waals surface area contributed by atoms with Crippen LogP contribution in [0.2, 0.25) is 0 Å². The van der Waals surface area contributed by atoms with E-state index in [1.165, 1.54) is 0 Å². The summed E-state index contributed by atoms with van der Waals surface area (Å²) in [4.78, 5) is 16.7. The van der Waals surface area contributed by atoms with Crippen LogP contribution >= 0.6 is 11.6 Å². The quantitative estimate of drug-likeness (QED) is 0.580. The molecule has 1 aliphatic carbocycles. The highest BCUT2D eigenvalue weighted by Crippen LogP contribution is 2.32. The van der Waals surface area contributed by atoms with Gasteiger partial charge < -0.3 is 4.90 Å². The normalized spacial score (nSPS) is 41.3. The molecule has 5 nitrogen and oxygen atoms in total. The van der Waals surface area contributed by atoms with Crippen molar-refractivity contribution in [3.63, 3.8) is 0 Å². The zero-order chi connectivity index (χ0) is 18.0. The summed E-state index contributed by atoms with van der Waals surface area (Å²) in [5, 5.41) is -0.573. The van der Waals surface area contributed by atoms with Gasteiger partial charge in [0.1, 0.15) is 11.5 Å². The molecule has 2 aliphatic heterocycles. The highest BCUT2D eigenvalue weighted by Gasteiger charge is 2.41. The van der Waals surface area contributed by atoms with Gasteiger partial charge in [-0.3, -0.25) is 15.1 Å². The predicted molar refractivity (Wildman–Crippen MR) is 98.1 cm³/mol. The van der Waals surface area contributed by atoms with Gasteiger partial charge in [-0.2, -0.15) is 0 Å². The molecule has 3 fully saturated rings. The molecule has 7 heteroatoms. The van der Waals surface area contributed by atoms with Gasteiger partial charge in [-0.1, -0.05) is 13.0 Å². The van der Waals surface area contributed by atoms with Gasteiger partial charge in [-0.15, -0.1) is 18.2 Å². The third-order valence-corrected chi connectivity index (χ3v) is 6.59. The zero-order valence-corrected chi connectivity index (χ0v) is 15.7. The van der Waals surface area contributed by atoms with E-state index in [1.54, 1.807) is 0 Å². The third kappa shape index (κ3) is 4.35. The first kappa shape index (κ1) is 19.1. The molecule has 1 amide bonds. The predicted octanol–water partition coefficient (Wildman–Crippen LogP) is 1.54. The van der Waals surface area contributed by atoms with Crippen molar-refractivity contribution in [1.29, 1.82) is 0 Å². The minimum atomic E-state index is -0.607. The van der Waals surface area contributed by atoms with Gasteiger partial charge in [0.05, 0.1) is 12.1 Å². The maximum Gasteiger partial charge on any atom is 0.253 e. The van der Waals surface area contributed by atoms with Crippen LogP contribution in [0.15, 0.2) is 12.7 Å². The summed E-state index contributed by atoms with van der Waals surface area (Å²) in [6.45, 7) is 10.8. The summed E-state index contributed by atoms with van der Waals surface area (Å²) in [5.41, 5.74) is 5.60. The zero-order valence-electron chi connectivity index (χ0n) is 15.0. The maximum atomic E-state index is 13.5. The molecule has 1 saturated carbocycles. The Balaban J connectivity index is 1.52. The van der Waals surface area contributed by atoms with Crippen molar-refractivity contribution in [2.45, 2.75) is 49.8 Å². The molecule has 25 heavy (non-hydrogen) atoms. The molecule has 0 aromatic carbocycles. The summed E-state index contributed by atoms with van der Waals surface area (Å²) in [6, 6.07) is -0.123. The molecule has 0 bridgehead atoms. The molecular weight excluding hydrogens is 343 g/mol. The van der Waals surface area contributed by atoms with Gasteiger partial charge in [-0.05, 0) is 31.1 Å². The van der Waals surface area contributed by atoms with Crippen molar-refractivity contribution in [3.05, 3.63) is 12.7 Å². The number of hydrogen-bond donors (Lipinski definition) is 2. The summed E-state index contributed by atoms with van der Waals surface area (Å²) in [7, 11) is 0. The van der Waals surface area contributed by atoms with Crippen molar-refractivity contribution in [1.82, 2.24) is 20.7 Å². The SMILES string of the molecule is C=CC1NNC(=O)C(Cl)C1N1CCN(CC2CCC(F)CC2C)CC1. The fraction of sp³-hybridized carbons (Fsp3) is 0.833. The van der Waals surface area contributed by atoms with Gasteiger partial charge >= 0.3 is 0 Å². The molecule has 2 saturated heterocycles. The van der Waals surface area contributed by atoms with Crippen LogP contribution in [0.4, 0.5) is 4.39 Å². The first-order valence-electron chi connectivity index (χ1n) is 9.42. The molecule has 142 valence electrons. The number of halogens is 2. The van der Waals surface area contributed by atoms with E-state index in [-0.39, 0.29) is 18.0 Å². The van der Waals surface area contributed by atoms with E-state index in [0.29, 0.717) is 24.7 Å². The van der Waals surface area contributed by atoms with Crippen molar-refractivity contribution in [2.75, 3.05) is 32.7 Å². The van der Waals surface area contributed by atoms with E-state index in [2.05, 4.69) is 34.2 Å². The fourth-order valence-corrected chi connectivity index (χ4v) is 4.87. The van der Waals surface area contributed by atoms with Gasteiger partial charge in [0, 0.05) is 32.7 Å². The Morgan fingerprint density at radius 2 is 2.04 bits per heavy atom. The van der Waals surface area contributed by atoms with Gasteiger partial charge in [0.15, 0.2) is 0 Å². The van der Waals surface area contributed by atoms with E-state index in [1.807, 2.05) is 6.08 Å². The van der Waals surface area contributed by atoms with Gasteiger partial charge in [-0.25, -0.2) is 9.82 Å². The van der Waals surface area contributed by atoms with Crippen molar-refractivity contribution >= 4 is 17.5 Å². The number of hydrogen-bond acceptors (Lipinski definition) is 4. The van der Waals surface area contributed by atoms with E-state index in [9.17, 15) is 9.18 Å². The summed E-state index contributed by atoms with van der Waals surface area (Å²) in [6.07, 6.45) is 3.62. The number of rotatable bonds is 4. The Morgan fingerprint density at radius 1 is 1.32 bits per heavy atom. The lowest BCUT2D eigenvalue weighted by atomic mass is 9.79. The average molecular weight is 373 g/mol. The minimum Gasteiger partial charge on any atom is -0.301 e. The lowest BCUT2D eigenvalue weighted by molar-refractivity contribution is -0.126. The lowest BCUT2D eigenvalue weighted by Gasteiger charge is -2.46. The molecule has 0 aromatic rings. The van der Waals surface area contributed by atoms with Crippen LogP contribution in [0.3, 0.4) is 0 Å². The summed E-state index contributed by atoms with van der Waals surface area (Å²) in [5.74, 6) is 0.886. The van der Waals surface area contributed by atoms with Crippen LogP contribution in [0.1, 0.15) is 26.2 Å². The van der Waals surface area contributed by atoms with Crippen molar-refractivity contribution < 1.29 is 9.18 Å². The third-order valence-electron chi connectivity index (χ3n) is 6.14. The Labute approximate surface area is 154 Å². The van der Waals surface area contributed by atoms with Crippen LogP contribution in [-0.4, -0.2) is 72.1 Å². The Hall–Kier alpha value is -0.690. The van der Waals surface area contributed by atoms with E-state index >= 15 is 0 Å². The van der Waals surface area contributed by atoms with E-state index in [0.717, 1.165) is 39.1 Å². The number of alkyl halides is 2. The van der Waals surface area contributed by atoms with Crippen LogP contribution in [0.25, 0.3) is 0 Å². The fourth-order valence-electron chi connectivity index (χ4n) is 4.50. The number of carbonyl (C=O) groups excluding carboxylic acids is 1. The number of amides is 1. The number of piperazine rings is 1. The summed E-state index contributed by atoms with van der Waals surface area (Å²) < 4.78 is 13.5. The van der Waals surface area contributed by atoms with Gasteiger partial charge in [0.25, 0.3) is 5.91 Å². The molecular formula is C18H30ClFN4O. The van der Waals surface area contributed by atoms with Crippen molar-refractivity contribution in [2.24, 2.45) is 11.8 Å². The molecule has 6 unspecified atom stereocenters. The standard InChI is InChI=1S/C18H30ClFN4O/c1-3-15-17(16(19)18(25)22-21-15)24-8-6-23(7-9-24)11-13-4-5-14(20)10-12(13)2/h3,12-17,21H,1,4-11H2,2H3,(H,22,25). The molecule has 2 N–H and O–H groups in total. The molecule has 6 atom stereocenters. The molecule has 0 radical (unpaired) electrons. The number of hydrazine groups is 1. The van der Waals surface area contributed by atoms with Crippen LogP contribution in [0.5, 0.6) is 0 Å². The summed E-state index contributed by atoms with van der Waals surface area (Å²) >= 11 is 6.37. The number of nitrogens with one attached hydrogen (secondary N) is 2. The monoisotopic (exact) mass is 372 g/mol. The first-order chi connectivity index (χ1) is 12.0. The Bertz CT molecular complexity index is 484. The molecule has 0 spiro atoms. The number of carbonyl (C=O) groups is 1. The number of nitrogens with zero attached hydrogens (tertiary/aromatic N) is 2. The Morgan fingerprint density at radius 3 is 2.68 bits per heavy atom. The molecule has 3 aliphatic rings. The Kier molecular flexibility index (Phi) is 6.36. The van der Waals surface area contributed by atoms with Gasteiger partial charge in [0.2, 0.25) is 0 Å². The first-order valence-corrected chi connectivity index (χ1v) is 9.85. The smallest absolute Gasteiger partial charge is 0.253 e. The highest BCUT2D eigenvalue weighted by atomic mass is 35.5.